The zero-order valence-electron chi connectivity index (χ0n) is 21.0. The number of fused-ring (bicyclic) bond motifs is 1. The number of ether oxygens (including phenoxy) is 2. The van der Waals surface area contributed by atoms with Gasteiger partial charge in [-0.15, -0.1) is 10.2 Å². The van der Waals surface area contributed by atoms with Crippen LogP contribution in [-0.4, -0.2) is 84.3 Å². The third kappa shape index (κ3) is 5.85. The van der Waals surface area contributed by atoms with Crippen molar-refractivity contribution < 1.29 is 19.1 Å². The highest BCUT2D eigenvalue weighted by molar-refractivity contribution is 5.99. The van der Waals surface area contributed by atoms with Gasteiger partial charge in [-0.25, -0.2) is 0 Å². The Bertz CT molecular complexity index is 981. The number of nitrogens with zero attached hydrogens (tertiary/aromatic N) is 5. The molecule has 0 spiro atoms. The molecular formula is C24H36N6O4. The molecule has 0 radical (unpaired) electrons. The monoisotopic (exact) mass is 472 g/mol. The van der Waals surface area contributed by atoms with E-state index >= 15 is 0 Å². The summed E-state index contributed by atoms with van der Waals surface area (Å²) in [7, 11) is 6.81. The number of hydrogen-bond acceptors (Lipinski definition) is 7. The van der Waals surface area contributed by atoms with E-state index in [1.165, 1.54) is 0 Å². The maximum atomic E-state index is 13.5. The Hall–Kier alpha value is -3.14. The molecule has 1 aromatic carbocycles. The fourth-order valence-electron chi connectivity index (χ4n) is 4.25. The SMILES string of the molecule is COc1cccc(OC)c1C(=O)N1CCc2nnc([C@H](CC(C)C)NC(=O)CN(C)C)n2CC1. The van der Waals surface area contributed by atoms with Gasteiger partial charge in [0.15, 0.2) is 5.82 Å². The summed E-state index contributed by atoms with van der Waals surface area (Å²) < 4.78 is 12.9. The van der Waals surface area contributed by atoms with Crippen LogP contribution in [0.5, 0.6) is 11.5 Å². The van der Waals surface area contributed by atoms with Crippen LogP contribution in [0.15, 0.2) is 18.2 Å². The van der Waals surface area contributed by atoms with E-state index < -0.39 is 0 Å². The van der Waals surface area contributed by atoms with Crippen molar-refractivity contribution in [2.24, 2.45) is 5.92 Å². The Labute approximate surface area is 201 Å². The third-order valence-electron chi connectivity index (χ3n) is 5.80. The van der Waals surface area contributed by atoms with Crippen LogP contribution in [0.2, 0.25) is 0 Å². The number of rotatable bonds is 9. The van der Waals surface area contributed by atoms with Crippen LogP contribution in [0, 0.1) is 5.92 Å². The lowest BCUT2D eigenvalue weighted by molar-refractivity contribution is -0.122. The molecule has 3 rings (SSSR count). The lowest BCUT2D eigenvalue weighted by Crippen LogP contribution is -2.38. The normalized spacial score (nSPS) is 14.5. The Morgan fingerprint density at radius 2 is 1.76 bits per heavy atom. The highest BCUT2D eigenvalue weighted by atomic mass is 16.5. The molecule has 1 atom stereocenters. The molecule has 186 valence electrons. The average Bonchev–Trinajstić information content (AvgIpc) is 3.07. The lowest BCUT2D eigenvalue weighted by atomic mass is 10.0. The summed E-state index contributed by atoms with van der Waals surface area (Å²) in [6.45, 7) is 6.06. The van der Waals surface area contributed by atoms with Gasteiger partial charge in [0.25, 0.3) is 5.91 Å². The maximum absolute atomic E-state index is 13.5. The van der Waals surface area contributed by atoms with Gasteiger partial charge in [-0.3, -0.25) is 9.59 Å². The summed E-state index contributed by atoms with van der Waals surface area (Å²) >= 11 is 0. The second kappa shape index (κ2) is 11.3. The molecule has 0 fully saturated rings. The fraction of sp³-hybridized carbons (Fsp3) is 0.583. The Balaban J connectivity index is 1.82. The van der Waals surface area contributed by atoms with Crippen LogP contribution in [-0.2, 0) is 17.8 Å². The molecule has 34 heavy (non-hydrogen) atoms. The van der Waals surface area contributed by atoms with E-state index in [9.17, 15) is 9.59 Å². The summed E-state index contributed by atoms with van der Waals surface area (Å²) in [6, 6.07) is 5.07. The van der Waals surface area contributed by atoms with E-state index in [2.05, 4.69) is 33.9 Å². The minimum absolute atomic E-state index is 0.0540. The van der Waals surface area contributed by atoms with E-state index in [0.717, 1.165) is 18.1 Å². The standard InChI is InChI=1S/C24H36N6O4/c1-16(2)14-17(25-21(31)15-28(3)4)23-27-26-20-10-11-29(12-13-30(20)23)24(32)22-18(33-5)8-7-9-19(22)34-6/h7-9,16-17H,10-15H2,1-6H3,(H,25,31)/t17-/m0/s1. The largest absolute Gasteiger partial charge is 0.496 e. The minimum atomic E-state index is -0.245. The topological polar surface area (TPSA) is 102 Å². The number of methoxy groups -OCH3 is 2. The van der Waals surface area contributed by atoms with Crippen molar-refractivity contribution in [1.29, 1.82) is 0 Å². The number of nitrogens with one attached hydrogen (secondary N) is 1. The first-order valence-electron chi connectivity index (χ1n) is 11.6. The highest BCUT2D eigenvalue weighted by Crippen LogP contribution is 2.30. The molecule has 0 unspecified atom stereocenters. The van der Waals surface area contributed by atoms with E-state index in [1.807, 2.05) is 19.0 Å². The molecule has 0 saturated heterocycles. The molecule has 10 nitrogen and oxygen atoms in total. The molecule has 1 aliphatic rings. The van der Waals surface area contributed by atoms with Crippen molar-refractivity contribution >= 4 is 11.8 Å². The van der Waals surface area contributed by atoms with Crippen LogP contribution in [0.25, 0.3) is 0 Å². The third-order valence-corrected chi connectivity index (χ3v) is 5.80. The van der Waals surface area contributed by atoms with Gasteiger partial charge in [0.05, 0.1) is 26.8 Å². The Morgan fingerprint density at radius 3 is 2.35 bits per heavy atom. The number of likely N-dealkylation sites (N-methyl/N-ethyl adjacent to an activating group) is 1. The number of benzene rings is 1. The predicted molar refractivity (Wildman–Crippen MR) is 128 cm³/mol. The van der Waals surface area contributed by atoms with Crippen molar-refractivity contribution in [2.75, 3.05) is 47.9 Å². The van der Waals surface area contributed by atoms with Crippen molar-refractivity contribution in [3.05, 3.63) is 35.4 Å². The number of carbonyl (C=O) groups is 2. The summed E-state index contributed by atoms with van der Waals surface area (Å²) in [5.41, 5.74) is 0.416. The fourth-order valence-corrected chi connectivity index (χ4v) is 4.25. The average molecular weight is 473 g/mol. The van der Waals surface area contributed by atoms with Crippen LogP contribution >= 0.6 is 0 Å². The predicted octanol–water partition coefficient (Wildman–Crippen LogP) is 1.76. The second-order valence-electron chi connectivity index (χ2n) is 9.19. The maximum Gasteiger partial charge on any atom is 0.261 e. The van der Waals surface area contributed by atoms with Crippen LogP contribution < -0.4 is 14.8 Å². The second-order valence-corrected chi connectivity index (χ2v) is 9.19. The first-order chi connectivity index (χ1) is 16.2. The van der Waals surface area contributed by atoms with Crippen LogP contribution in [0.3, 0.4) is 0 Å². The van der Waals surface area contributed by atoms with E-state index in [1.54, 1.807) is 37.3 Å². The van der Waals surface area contributed by atoms with Gasteiger partial charge in [-0.05, 0) is 38.6 Å². The van der Waals surface area contributed by atoms with Gasteiger partial charge in [0.1, 0.15) is 22.9 Å². The lowest BCUT2D eigenvalue weighted by Gasteiger charge is -2.24. The van der Waals surface area contributed by atoms with E-state index in [4.69, 9.17) is 9.47 Å². The summed E-state index contributed by atoms with van der Waals surface area (Å²) in [4.78, 5) is 29.6. The quantitative estimate of drug-likeness (QED) is 0.593. The Kier molecular flexibility index (Phi) is 8.49. The van der Waals surface area contributed by atoms with Gasteiger partial charge in [0, 0.05) is 26.1 Å². The zero-order chi connectivity index (χ0) is 24.8. The number of amides is 2. The molecule has 0 bridgehead atoms. The molecule has 2 amide bonds. The van der Waals surface area contributed by atoms with Crippen molar-refractivity contribution in [1.82, 2.24) is 29.9 Å². The molecule has 1 N–H and O–H groups in total. The highest BCUT2D eigenvalue weighted by Gasteiger charge is 2.29. The molecule has 1 aromatic heterocycles. The molecule has 2 aromatic rings. The van der Waals surface area contributed by atoms with E-state index in [-0.39, 0.29) is 17.9 Å². The van der Waals surface area contributed by atoms with Gasteiger partial charge < -0.3 is 29.2 Å². The molecular weight excluding hydrogens is 436 g/mol. The molecule has 0 aliphatic carbocycles. The molecule has 1 aliphatic heterocycles. The van der Waals surface area contributed by atoms with Crippen LogP contribution in [0.4, 0.5) is 0 Å². The van der Waals surface area contributed by atoms with E-state index in [0.29, 0.717) is 55.6 Å². The van der Waals surface area contributed by atoms with Crippen molar-refractivity contribution in [3.8, 4) is 11.5 Å². The summed E-state index contributed by atoms with van der Waals surface area (Å²) in [5.74, 6) is 2.67. The first-order valence-corrected chi connectivity index (χ1v) is 11.6. The van der Waals surface area contributed by atoms with Gasteiger partial charge in [0.2, 0.25) is 5.91 Å². The Morgan fingerprint density at radius 1 is 1.09 bits per heavy atom. The zero-order valence-corrected chi connectivity index (χ0v) is 21.0. The first kappa shape index (κ1) is 25.5. The smallest absolute Gasteiger partial charge is 0.261 e. The number of hydrogen-bond donors (Lipinski definition) is 1. The molecule has 0 saturated carbocycles. The number of aromatic nitrogens is 3. The van der Waals surface area contributed by atoms with Gasteiger partial charge >= 0.3 is 0 Å². The summed E-state index contributed by atoms with van der Waals surface area (Å²) in [6.07, 6.45) is 1.31. The van der Waals surface area contributed by atoms with Gasteiger partial charge in [-0.1, -0.05) is 19.9 Å². The number of carbonyl (C=O) groups excluding carboxylic acids is 2. The molecule has 10 heteroatoms. The molecule has 2 heterocycles. The summed E-state index contributed by atoms with van der Waals surface area (Å²) in [5, 5.41) is 12.0. The van der Waals surface area contributed by atoms with Crippen LogP contribution in [0.1, 0.15) is 48.3 Å². The minimum Gasteiger partial charge on any atom is -0.496 e. The van der Waals surface area contributed by atoms with Gasteiger partial charge in [-0.2, -0.15) is 0 Å². The van der Waals surface area contributed by atoms with Crippen molar-refractivity contribution in [2.45, 2.75) is 39.3 Å². The van der Waals surface area contributed by atoms with Crippen molar-refractivity contribution in [3.63, 3.8) is 0 Å².